The second-order valence-electron chi connectivity index (χ2n) is 15.2. The highest BCUT2D eigenvalue weighted by molar-refractivity contribution is 7.47. The van der Waals surface area contributed by atoms with Gasteiger partial charge in [0.1, 0.15) is 35.4 Å². The largest absolute Gasteiger partial charge is 0.495 e. The van der Waals surface area contributed by atoms with Gasteiger partial charge in [-0.1, -0.05) is 109 Å². The fraction of sp³-hybridized carbons (Fsp3) is 0.690. The molecule has 1 aromatic carbocycles. The van der Waals surface area contributed by atoms with Crippen LogP contribution in [0.15, 0.2) is 36.7 Å². The lowest BCUT2D eigenvalue weighted by atomic mass is 9.98. The number of hydrogen-bond donors (Lipinski definition) is 2. The molecule has 56 heavy (non-hydrogen) atoms. The summed E-state index contributed by atoms with van der Waals surface area (Å²) < 4.78 is 49.2. The number of nitrogens with two attached hydrogens (primary N) is 1. The van der Waals surface area contributed by atoms with Crippen LogP contribution < -0.4 is 10.5 Å². The van der Waals surface area contributed by atoms with Crippen LogP contribution in [0.4, 0.5) is 5.82 Å². The SMILES string of the molecule is CCCCCCCCCCCCCCCCCCOC[C@H](COP(=O)(O)OC[C@@H]1CC[C@](C)(c2ccc3c(N)ncnn23)O1)OCc1ccc(OC)c(C#N)c1. The molecule has 0 spiro atoms. The molecular formula is C42H66N5O8P. The number of ether oxygens (including phenoxy) is 4. The van der Waals surface area contributed by atoms with Crippen LogP contribution >= 0.6 is 7.82 Å². The van der Waals surface area contributed by atoms with Crippen molar-refractivity contribution in [2.24, 2.45) is 0 Å². The van der Waals surface area contributed by atoms with Crippen molar-refractivity contribution in [2.45, 2.75) is 154 Å². The molecule has 3 N–H and O–H groups in total. The summed E-state index contributed by atoms with van der Waals surface area (Å²) in [5, 5.41) is 13.8. The molecule has 3 aromatic rings. The van der Waals surface area contributed by atoms with Gasteiger partial charge in [-0.2, -0.15) is 10.4 Å². The van der Waals surface area contributed by atoms with Crippen LogP contribution in [0.5, 0.6) is 5.75 Å². The van der Waals surface area contributed by atoms with E-state index in [0.717, 1.165) is 24.1 Å². The third-order valence-electron chi connectivity index (χ3n) is 10.6. The maximum atomic E-state index is 13.0. The third-order valence-corrected chi connectivity index (χ3v) is 11.5. The van der Waals surface area contributed by atoms with Crippen molar-refractivity contribution < 1.29 is 37.5 Å². The number of methoxy groups -OCH3 is 1. The van der Waals surface area contributed by atoms with Gasteiger partial charge in [0.2, 0.25) is 0 Å². The van der Waals surface area contributed by atoms with Crippen LogP contribution in [0.1, 0.15) is 146 Å². The molecule has 14 heteroatoms. The van der Waals surface area contributed by atoms with Gasteiger partial charge in [0.15, 0.2) is 5.82 Å². The Labute approximate surface area is 334 Å². The van der Waals surface area contributed by atoms with E-state index in [1.165, 1.54) is 103 Å². The number of fused-ring (bicyclic) bond motifs is 1. The smallest absolute Gasteiger partial charge is 0.472 e. The molecule has 1 aliphatic rings. The maximum absolute atomic E-state index is 13.0. The molecule has 4 rings (SSSR count). The lowest BCUT2D eigenvalue weighted by Crippen LogP contribution is -2.27. The van der Waals surface area contributed by atoms with E-state index in [2.05, 4.69) is 23.1 Å². The summed E-state index contributed by atoms with van der Waals surface area (Å²) in [4.78, 5) is 14.7. The minimum atomic E-state index is -4.46. The van der Waals surface area contributed by atoms with Gasteiger partial charge in [0.05, 0.1) is 50.9 Å². The molecule has 0 saturated carbocycles. The first-order valence-corrected chi connectivity index (χ1v) is 22.3. The summed E-state index contributed by atoms with van der Waals surface area (Å²) in [6.07, 6.45) is 22.4. The number of nitrogen functional groups attached to an aromatic ring is 1. The molecule has 4 atom stereocenters. The fourth-order valence-electron chi connectivity index (χ4n) is 7.23. The van der Waals surface area contributed by atoms with Crippen molar-refractivity contribution in [1.82, 2.24) is 14.6 Å². The van der Waals surface area contributed by atoms with E-state index in [4.69, 9.17) is 33.7 Å². The predicted octanol–water partition coefficient (Wildman–Crippen LogP) is 9.58. The Balaban J connectivity index is 1.15. The zero-order valence-electron chi connectivity index (χ0n) is 34.0. The fourth-order valence-corrected chi connectivity index (χ4v) is 8.01. The van der Waals surface area contributed by atoms with Gasteiger partial charge in [0.25, 0.3) is 0 Å². The van der Waals surface area contributed by atoms with E-state index in [0.29, 0.717) is 42.1 Å². The number of benzene rings is 1. The Morgan fingerprint density at radius 1 is 0.982 bits per heavy atom. The summed E-state index contributed by atoms with van der Waals surface area (Å²) in [5.74, 6) is 0.846. The predicted molar refractivity (Wildman–Crippen MR) is 217 cm³/mol. The number of hydrogen-bond acceptors (Lipinski definition) is 11. The monoisotopic (exact) mass is 799 g/mol. The molecule has 1 fully saturated rings. The number of anilines is 1. The Morgan fingerprint density at radius 3 is 2.29 bits per heavy atom. The van der Waals surface area contributed by atoms with Gasteiger partial charge in [-0.15, -0.1) is 0 Å². The molecule has 1 aliphatic heterocycles. The summed E-state index contributed by atoms with van der Waals surface area (Å²) in [6.45, 7) is 4.73. The van der Waals surface area contributed by atoms with E-state index in [-0.39, 0.29) is 26.4 Å². The standard InChI is InChI=1S/C42H66N5O8P/c1-4-5-6-7-8-9-10-11-12-13-14-15-16-17-18-19-26-51-30-37(52-29-34-20-22-39(50-3)35(27-34)28-43)32-54-56(48,49)53-31-36-24-25-42(2,55-36)40-23-21-38-41(44)45-33-46-47(38)40/h20-23,27,33,36-37H,4-19,24-26,29-32H2,1-3H3,(H,48,49)(H2,44,45,46)/t36-,37+,42+/m0/s1. The first-order chi connectivity index (χ1) is 27.2. The Bertz CT molecular complexity index is 1670. The van der Waals surface area contributed by atoms with E-state index >= 15 is 0 Å². The summed E-state index contributed by atoms with van der Waals surface area (Å²) in [7, 11) is -2.95. The summed E-state index contributed by atoms with van der Waals surface area (Å²) >= 11 is 0. The molecule has 0 amide bonds. The number of rotatable bonds is 30. The van der Waals surface area contributed by atoms with E-state index in [9.17, 15) is 14.7 Å². The van der Waals surface area contributed by atoms with Crippen LogP contribution in [0, 0.1) is 11.3 Å². The second-order valence-corrected chi connectivity index (χ2v) is 16.6. The van der Waals surface area contributed by atoms with Crippen molar-refractivity contribution in [3.63, 3.8) is 0 Å². The average Bonchev–Trinajstić information content (AvgIpc) is 3.82. The quantitative estimate of drug-likeness (QED) is 0.0484. The highest BCUT2D eigenvalue weighted by atomic mass is 31.2. The van der Waals surface area contributed by atoms with Crippen molar-refractivity contribution in [2.75, 3.05) is 39.3 Å². The number of unbranched alkanes of at least 4 members (excludes halogenated alkanes) is 15. The van der Waals surface area contributed by atoms with Crippen LogP contribution in [-0.2, 0) is 40.0 Å². The van der Waals surface area contributed by atoms with Crippen LogP contribution in [-0.4, -0.2) is 65.2 Å². The van der Waals surface area contributed by atoms with Crippen molar-refractivity contribution >= 4 is 19.2 Å². The van der Waals surface area contributed by atoms with Crippen molar-refractivity contribution in [3.05, 3.63) is 53.5 Å². The van der Waals surface area contributed by atoms with Gasteiger partial charge in [0, 0.05) is 6.61 Å². The summed E-state index contributed by atoms with van der Waals surface area (Å²) in [5.41, 5.74) is 7.95. The molecule has 0 aliphatic carbocycles. The molecule has 1 unspecified atom stereocenters. The number of phosphoric ester groups is 1. The molecule has 0 radical (unpaired) electrons. The lowest BCUT2D eigenvalue weighted by molar-refractivity contribution is -0.0635. The maximum Gasteiger partial charge on any atom is 0.472 e. The van der Waals surface area contributed by atoms with Crippen molar-refractivity contribution in [3.8, 4) is 11.8 Å². The Morgan fingerprint density at radius 2 is 1.64 bits per heavy atom. The molecule has 3 heterocycles. The average molecular weight is 800 g/mol. The first-order valence-electron chi connectivity index (χ1n) is 20.8. The first kappa shape index (κ1) is 45.6. The number of nitriles is 1. The van der Waals surface area contributed by atoms with Gasteiger partial charge in [-0.05, 0) is 56.0 Å². The van der Waals surface area contributed by atoms with E-state index in [1.54, 1.807) is 16.6 Å². The van der Waals surface area contributed by atoms with Crippen LogP contribution in [0.2, 0.25) is 0 Å². The van der Waals surface area contributed by atoms with Gasteiger partial charge in [-0.3, -0.25) is 9.05 Å². The second kappa shape index (κ2) is 24.6. The van der Waals surface area contributed by atoms with Gasteiger partial charge >= 0.3 is 7.82 Å². The number of nitrogens with zero attached hydrogens (tertiary/aromatic N) is 4. The molecule has 1 saturated heterocycles. The lowest BCUT2D eigenvalue weighted by Gasteiger charge is -2.25. The Hall–Kier alpha value is -3.08. The van der Waals surface area contributed by atoms with E-state index < -0.39 is 25.6 Å². The number of aromatic nitrogens is 3. The zero-order chi connectivity index (χ0) is 40.1. The number of phosphoric acid groups is 1. The highest BCUT2D eigenvalue weighted by Gasteiger charge is 2.41. The van der Waals surface area contributed by atoms with Crippen LogP contribution in [0.25, 0.3) is 5.52 Å². The molecule has 312 valence electrons. The highest BCUT2D eigenvalue weighted by Crippen LogP contribution is 2.46. The minimum Gasteiger partial charge on any atom is -0.495 e. The Kier molecular flexibility index (Phi) is 20.1. The van der Waals surface area contributed by atoms with Crippen molar-refractivity contribution in [1.29, 1.82) is 5.26 Å². The summed E-state index contributed by atoms with van der Waals surface area (Å²) in [6, 6.07) is 11.1. The topological polar surface area (TPSA) is 173 Å². The van der Waals surface area contributed by atoms with Crippen LogP contribution in [0.3, 0.4) is 0 Å². The normalized spacial score (nSPS) is 18.6. The van der Waals surface area contributed by atoms with Gasteiger partial charge < -0.3 is 29.6 Å². The van der Waals surface area contributed by atoms with E-state index in [1.807, 2.05) is 25.1 Å². The molecule has 0 bridgehead atoms. The van der Waals surface area contributed by atoms with Gasteiger partial charge in [-0.25, -0.2) is 14.1 Å². The minimum absolute atomic E-state index is 0.131. The molecule has 2 aromatic heterocycles. The third kappa shape index (κ3) is 15.4. The molecular weight excluding hydrogens is 733 g/mol. The zero-order valence-corrected chi connectivity index (χ0v) is 34.9. The molecule has 13 nitrogen and oxygen atoms in total.